The third kappa shape index (κ3) is 2.49. The molecule has 0 radical (unpaired) electrons. The molecule has 0 unspecified atom stereocenters. The van der Waals surface area contributed by atoms with Crippen molar-refractivity contribution in [3.63, 3.8) is 0 Å². The van der Waals surface area contributed by atoms with Crippen LogP contribution in [0, 0.1) is 10.1 Å². The first-order valence-corrected chi connectivity index (χ1v) is 6.14. The number of carbonyl (C=O) groups is 1. The molecule has 0 saturated heterocycles. The van der Waals surface area contributed by atoms with Crippen LogP contribution in [0.3, 0.4) is 0 Å². The molecule has 0 atom stereocenters. The van der Waals surface area contributed by atoms with Gasteiger partial charge in [0.1, 0.15) is 0 Å². The van der Waals surface area contributed by atoms with Gasteiger partial charge in [-0.1, -0.05) is 6.92 Å². The smallest absolute Gasteiger partial charge is 0.354 e. The van der Waals surface area contributed by atoms with Gasteiger partial charge in [-0.15, -0.1) is 0 Å². The Kier molecular flexibility index (Phi) is 3.37. The van der Waals surface area contributed by atoms with Gasteiger partial charge in [0.2, 0.25) is 5.82 Å². The van der Waals surface area contributed by atoms with E-state index in [0.29, 0.717) is 0 Å². The molecule has 1 saturated carbocycles. The van der Waals surface area contributed by atoms with Crippen LogP contribution in [-0.2, 0) is 0 Å². The molecule has 0 amide bonds. The van der Waals surface area contributed by atoms with Gasteiger partial charge in [0, 0.05) is 11.6 Å². The van der Waals surface area contributed by atoms with Crippen LogP contribution in [0.25, 0.3) is 0 Å². The summed E-state index contributed by atoms with van der Waals surface area (Å²) in [5.74, 6) is -1.15. The van der Waals surface area contributed by atoms with Crippen LogP contribution in [0.1, 0.15) is 43.1 Å². The van der Waals surface area contributed by atoms with Crippen molar-refractivity contribution in [1.82, 2.24) is 4.98 Å². The fraction of sp³-hybridized carbons (Fsp3) is 0.500. The second kappa shape index (κ2) is 4.83. The van der Waals surface area contributed by atoms with Crippen LogP contribution in [-0.4, -0.2) is 26.5 Å². The Balaban J connectivity index is 2.37. The molecule has 102 valence electrons. The van der Waals surface area contributed by atoms with Gasteiger partial charge >= 0.3 is 11.7 Å². The molecule has 7 nitrogen and oxygen atoms in total. The van der Waals surface area contributed by atoms with E-state index in [1.54, 1.807) is 0 Å². The summed E-state index contributed by atoms with van der Waals surface area (Å²) < 4.78 is 0. The summed E-state index contributed by atoms with van der Waals surface area (Å²) in [5, 5.41) is 22.9. The predicted molar refractivity (Wildman–Crippen MR) is 68.3 cm³/mol. The molecule has 0 spiro atoms. The monoisotopic (exact) mass is 265 g/mol. The van der Waals surface area contributed by atoms with Gasteiger partial charge in [-0.05, 0) is 31.7 Å². The van der Waals surface area contributed by atoms with E-state index in [1.807, 2.05) is 6.92 Å². The lowest BCUT2D eigenvalue weighted by Gasteiger charge is -2.42. The molecular formula is C12H15N3O4. The Morgan fingerprint density at radius 1 is 1.58 bits per heavy atom. The minimum atomic E-state index is -1.20. The Morgan fingerprint density at radius 3 is 2.68 bits per heavy atom. The molecule has 2 rings (SSSR count). The second-order valence-corrected chi connectivity index (χ2v) is 4.74. The van der Waals surface area contributed by atoms with Crippen LogP contribution < -0.4 is 5.32 Å². The summed E-state index contributed by atoms with van der Waals surface area (Å²) in [7, 11) is 0. The maximum atomic E-state index is 11.0. The van der Waals surface area contributed by atoms with Crippen molar-refractivity contribution in [2.75, 3.05) is 5.32 Å². The zero-order valence-electron chi connectivity index (χ0n) is 10.5. The highest BCUT2D eigenvalue weighted by molar-refractivity contribution is 5.86. The zero-order chi connectivity index (χ0) is 14.0. The molecule has 1 fully saturated rings. The fourth-order valence-corrected chi connectivity index (χ4v) is 2.23. The minimum absolute atomic E-state index is 0.0476. The van der Waals surface area contributed by atoms with Crippen molar-refractivity contribution in [2.45, 2.75) is 38.1 Å². The van der Waals surface area contributed by atoms with E-state index in [-0.39, 0.29) is 22.7 Å². The van der Waals surface area contributed by atoms with E-state index in [9.17, 15) is 14.9 Å². The number of rotatable bonds is 5. The Hall–Kier alpha value is -2.18. The normalized spacial score (nSPS) is 16.5. The van der Waals surface area contributed by atoms with Crippen molar-refractivity contribution in [1.29, 1.82) is 0 Å². The molecule has 1 aromatic heterocycles. The number of nitrogens with zero attached hydrogens (tertiary/aromatic N) is 2. The third-order valence-electron chi connectivity index (χ3n) is 3.66. The van der Waals surface area contributed by atoms with Gasteiger partial charge in [0.25, 0.3) is 0 Å². The molecule has 1 aliphatic rings. The second-order valence-electron chi connectivity index (χ2n) is 4.74. The molecule has 2 N–H and O–H groups in total. The molecule has 1 heterocycles. The number of pyridine rings is 1. The van der Waals surface area contributed by atoms with Gasteiger partial charge in [0.15, 0.2) is 5.69 Å². The summed E-state index contributed by atoms with van der Waals surface area (Å²) in [6.07, 6.45) is 3.72. The topological polar surface area (TPSA) is 105 Å². The number of aromatic carboxylic acids is 1. The van der Waals surface area contributed by atoms with E-state index >= 15 is 0 Å². The minimum Gasteiger partial charge on any atom is -0.477 e. The van der Waals surface area contributed by atoms with Crippen LogP contribution in [0.2, 0.25) is 0 Å². The van der Waals surface area contributed by atoms with Crippen LogP contribution in [0.4, 0.5) is 11.5 Å². The quantitative estimate of drug-likeness (QED) is 0.625. The van der Waals surface area contributed by atoms with Crippen molar-refractivity contribution in [2.24, 2.45) is 0 Å². The Labute approximate surface area is 109 Å². The van der Waals surface area contributed by atoms with Gasteiger partial charge < -0.3 is 10.4 Å². The number of carboxylic acids is 1. The van der Waals surface area contributed by atoms with Gasteiger partial charge in [-0.2, -0.15) is 0 Å². The summed E-state index contributed by atoms with van der Waals surface area (Å²) in [4.78, 5) is 25.2. The van der Waals surface area contributed by atoms with Crippen LogP contribution in [0.5, 0.6) is 0 Å². The summed E-state index contributed by atoms with van der Waals surface area (Å²) in [6, 6.07) is 2.33. The maximum Gasteiger partial charge on any atom is 0.354 e. The lowest BCUT2D eigenvalue weighted by molar-refractivity contribution is -0.384. The maximum absolute atomic E-state index is 11.0. The molecule has 1 aliphatic carbocycles. The summed E-state index contributed by atoms with van der Waals surface area (Å²) in [6.45, 7) is 2.00. The van der Waals surface area contributed by atoms with Gasteiger partial charge in [-0.3, -0.25) is 10.1 Å². The zero-order valence-corrected chi connectivity index (χ0v) is 10.5. The first kappa shape index (κ1) is 13.3. The van der Waals surface area contributed by atoms with Crippen LogP contribution >= 0.6 is 0 Å². The number of aromatic nitrogens is 1. The molecule has 0 bridgehead atoms. The van der Waals surface area contributed by atoms with Crippen LogP contribution in [0.15, 0.2) is 12.1 Å². The summed E-state index contributed by atoms with van der Waals surface area (Å²) >= 11 is 0. The third-order valence-corrected chi connectivity index (χ3v) is 3.66. The highest BCUT2D eigenvalue weighted by atomic mass is 16.6. The summed E-state index contributed by atoms with van der Waals surface area (Å²) in [5.41, 5.74) is -0.571. The molecule has 1 aromatic rings. The standard InChI is InChI=1S/C12H15N3O4/c1-2-12(6-3-7-12)14-10-9(15(18)19)5-4-8(13-10)11(16)17/h4-5H,2-3,6-7H2,1H3,(H,13,14)(H,16,17). The lowest BCUT2D eigenvalue weighted by Crippen LogP contribution is -2.44. The Morgan fingerprint density at radius 2 is 2.26 bits per heavy atom. The molecule has 0 aromatic carbocycles. The van der Waals surface area contributed by atoms with Gasteiger partial charge in [0.05, 0.1) is 4.92 Å². The molecular weight excluding hydrogens is 250 g/mol. The first-order valence-electron chi connectivity index (χ1n) is 6.14. The highest BCUT2D eigenvalue weighted by Gasteiger charge is 2.37. The number of nitro groups is 1. The van der Waals surface area contributed by atoms with Crippen molar-refractivity contribution >= 4 is 17.5 Å². The SMILES string of the molecule is CCC1(Nc2nc(C(=O)O)ccc2[N+](=O)[O-])CCC1. The van der Waals surface area contributed by atoms with Crippen molar-refractivity contribution in [3.05, 3.63) is 27.9 Å². The van der Waals surface area contributed by atoms with E-state index in [0.717, 1.165) is 31.7 Å². The van der Waals surface area contributed by atoms with E-state index in [2.05, 4.69) is 10.3 Å². The largest absolute Gasteiger partial charge is 0.477 e. The van der Waals surface area contributed by atoms with E-state index < -0.39 is 10.9 Å². The Bertz CT molecular complexity index is 520. The lowest BCUT2D eigenvalue weighted by atomic mass is 9.75. The molecule has 0 aliphatic heterocycles. The van der Waals surface area contributed by atoms with E-state index in [4.69, 9.17) is 5.11 Å². The average molecular weight is 265 g/mol. The number of hydrogen-bond donors (Lipinski definition) is 2. The number of hydrogen-bond acceptors (Lipinski definition) is 5. The highest BCUT2D eigenvalue weighted by Crippen LogP contribution is 2.39. The predicted octanol–water partition coefficient (Wildman–Crippen LogP) is 2.43. The average Bonchev–Trinajstić information content (AvgIpc) is 2.33. The first-order chi connectivity index (χ1) is 8.97. The number of carboxylic acid groups (broad SMARTS) is 1. The van der Waals surface area contributed by atoms with Crippen molar-refractivity contribution in [3.8, 4) is 0 Å². The fourth-order valence-electron chi connectivity index (χ4n) is 2.23. The molecule has 19 heavy (non-hydrogen) atoms. The van der Waals surface area contributed by atoms with Crippen molar-refractivity contribution < 1.29 is 14.8 Å². The van der Waals surface area contributed by atoms with Gasteiger partial charge in [-0.25, -0.2) is 9.78 Å². The molecule has 7 heteroatoms. The van der Waals surface area contributed by atoms with E-state index in [1.165, 1.54) is 6.07 Å². The number of nitrogens with one attached hydrogen (secondary N) is 1. The number of anilines is 1.